The second-order valence-corrected chi connectivity index (χ2v) is 10.7. The highest BCUT2D eigenvalue weighted by atomic mass is 35.5. The van der Waals surface area contributed by atoms with Gasteiger partial charge in [-0.15, -0.1) is 0 Å². The van der Waals surface area contributed by atoms with E-state index in [2.05, 4.69) is 15.0 Å². The van der Waals surface area contributed by atoms with Gasteiger partial charge in [-0.25, -0.2) is 13.1 Å². The average molecular weight is 543 g/mol. The van der Waals surface area contributed by atoms with E-state index in [4.69, 9.17) is 11.6 Å². The number of halogens is 1. The minimum atomic E-state index is -3.54. The number of sulfonamides is 1. The van der Waals surface area contributed by atoms with Gasteiger partial charge in [0.25, 0.3) is 0 Å². The van der Waals surface area contributed by atoms with Gasteiger partial charge in [0.2, 0.25) is 21.8 Å². The molecule has 0 aliphatic carbocycles. The van der Waals surface area contributed by atoms with Crippen molar-refractivity contribution in [2.75, 3.05) is 6.54 Å². The molecule has 3 rings (SSSR count). The Morgan fingerprint density at radius 3 is 2.19 bits per heavy atom. The van der Waals surface area contributed by atoms with Crippen LogP contribution in [0.1, 0.15) is 37.0 Å². The first-order valence-corrected chi connectivity index (χ1v) is 13.8. The molecule has 2 amide bonds. The van der Waals surface area contributed by atoms with Crippen molar-refractivity contribution in [1.82, 2.24) is 19.9 Å². The normalized spacial score (nSPS) is 12.1. The largest absolute Gasteiger partial charge is 0.350 e. The molecule has 0 aliphatic rings. The van der Waals surface area contributed by atoms with E-state index < -0.39 is 16.1 Å². The lowest BCUT2D eigenvalue weighted by Gasteiger charge is -2.29. The molecule has 0 saturated carbocycles. The molecule has 10 heteroatoms. The molecule has 0 radical (unpaired) electrons. The van der Waals surface area contributed by atoms with Gasteiger partial charge in [-0.1, -0.05) is 42.8 Å². The Balaban J connectivity index is 1.69. The molecule has 1 atom stereocenters. The number of benzene rings is 2. The third kappa shape index (κ3) is 8.38. The second-order valence-electron chi connectivity index (χ2n) is 8.54. The number of hydrogen-bond donors (Lipinski definition) is 2. The third-order valence-corrected chi connectivity index (χ3v) is 7.66. The average Bonchev–Trinajstić information content (AvgIpc) is 2.90. The lowest BCUT2D eigenvalue weighted by atomic mass is 10.1. The van der Waals surface area contributed by atoms with Crippen molar-refractivity contribution in [3.63, 3.8) is 0 Å². The number of nitrogens with one attached hydrogen (secondary N) is 2. The van der Waals surface area contributed by atoms with Crippen molar-refractivity contribution in [3.8, 4) is 0 Å². The number of pyridine rings is 1. The lowest BCUT2D eigenvalue weighted by molar-refractivity contribution is -0.140. The van der Waals surface area contributed by atoms with Gasteiger partial charge < -0.3 is 10.2 Å². The molecule has 0 aliphatic heterocycles. The number of nitrogens with zero attached hydrogens (tertiary/aromatic N) is 2. The summed E-state index contributed by atoms with van der Waals surface area (Å²) >= 11 is 6.01. The molecule has 2 N–H and O–H groups in total. The molecule has 0 spiro atoms. The molecule has 1 heterocycles. The number of amides is 2. The van der Waals surface area contributed by atoms with Crippen LogP contribution in [0.15, 0.2) is 78.0 Å². The van der Waals surface area contributed by atoms with Crippen molar-refractivity contribution < 1.29 is 18.0 Å². The molecule has 2 aromatic carbocycles. The van der Waals surface area contributed by atoms with E-state index in [1.807, 2.05) is 24.3 Å². The molecule has 8 nitrogen and oxygen atoms in total. The fourth-order valence-corrected chi connectivity index (χ4v) is 4.88. The topological polar surface area (TPSA) is 108 Å². The van der Waals surface area contributed by atoms with Gasteiger partial charge in [-0.05, 0) is 66.4 Å². The van der Waals surface area contributed by atoms with Gasteiger partial charge in [0.05, 0.1) is 4.90 Å². The van der Waals surface area contributed by atoms with Crippen molar-refractivity contribution in [3.05, 3.63) is 94.8 Å². The first-order valence-electron chi connectivity index (χ1n) is 12.0. The van der Waals surface area contributed by atoms with Crippen LogP contribution in [0.3, 0.4) is 0 Å². The van der Waals surface area contributed by atoms with Crippen LogP contribution in [-0.2, 0) is 39.1 Å². The predicted octanol–water partition coefficient (Wildman–Crippen LogP) is 3.70. The summed E-state index contributed by atoms with van der Waals surface area (Å²) in [7, 11) is -3.54. The Labute approximate surface area is 223 Å². The Bertz CT molecular complexity index is 1280. The summed E-state index contributed by atoms with van der Waals surface area (Å²) in [6.07, 6.45) is 3.88. The highest BCUT2D eigenvalue weighted by Crippen LogP contribution is 2.17. The number of hydrogen-bond acceptors (Lipinski definition) is 5. The molecule has 1 aromatic heterocycles. The first kappa shape index (κ1) is 28.3. The summed E-state index contributed by atoms with van der Waals surface area (Å²) in [6, 6.07) is 16.5. The van der Waals surface area contributed by atoms with Crippen LogP contribution in [0.4, 0.5) is 0 Å². The number of aryl methyl sites for hydroxylation is 1. The summed E-state index contributed by atoms with van der Waals surface area (Å²) < 4.78 is 26.8. The maximum Gasteiger partial charge on any atom is 0.242 e. The van der Waals surface area contributed by atoms with Crippen molar-refractivity contribution in [2.24, 2.45) is 0 Å². The zero-order valence-electron chi connectivity index (χ0n) is 20.9. The fraction of sp³-hybridized carbons (Fsp3) is 0.296. The summed E-state index contributed by atoms with van der Waals surface area (Å²) in [5.41, 5.74) is 2.58. The minimum absolute atomic E-state index is 0.162. The third-order valence-electron chi connectivity index (χ3n) is 5.85. The zero-order chi connectivity index (χ0) is 26.8. The summed E-state index contributed by atoms with van der Waals surface area (Å²) in [4.78, 5) is 32.0. The Kier molecular flexibility index (Phi) is 10.2. The highest BCUT2D eigenvalue weighted by molar-refractivity contribution is 7.89. The van der Waals surface area contributed by atoms with E-state index in [-0.39, 0.29) is 29.7 Å². The van der Waals surface area contributed by atoms with Crippen LogP contribution in [0.5, 0.6) is 0 Å². The van der Waals surface area contributed by atoms with E-state index in [9.17, 15) is 18.0 Å². The van der Waals surface area contributed by atoms with Gasteiger partial charge in [-0.2, -0.15) is 0 Å². The number of carbonyl (C=O) groups is 2. The Hall–Kier alpha value is -3.27. The van der Waals surface area contributed by atoms with Crippen LogP contribution in [0.2, 0.25) is 5.02 Å². The molecule has 196 valence electrons. The molecule has 37 heavy (non-hydrogen) atoms. The molecule has 0 fully saturated rings. The van der Waals surface area contributed by atoms with E-state index in [0.29, 0.717) is 24.5 Å². The number of aromatic nitrogens is 1. The van der Waals surface area contributed by atoms with Gasteiger partial charge >= 0.3 is 0 Å². The minimum Gasteiger partial charge on any atom is -0.350 e. The van der Waals surface area contributed by atoms with Gasteiger partial charge in [0, 0.05) is 43.5 Å². The fourth-order valence-electron chi connectivity index (χ4n) is 3.71. The highest BCUT2D eigenvalue weighted by Gasteiger charge is 2.26. The van der Waals surface area contributed by atoms with Crippen LogP contribution in [0.25, 0.3) is 0 Å². The van der Waals surface area contributed by atoms with E-state index >= 15 is 0 Å². The molecule has 1 unspecified atom stereocenters. The van der Waals surface area contributed by atoms with Gasteiger partial charge in [0.1, 0.15) is 6.04 Å². The van der Waals surface area contributed by atoms with E-state index in [1.54, 1.807) is 55.4 Å². The molecular formula is C27H31ClN4O4S. The SMILES string of the molecule is CCNS(=O)(=O)c1ccc(CCC(=O)N(Cc2ccc(Cl)cc2)C(C)C(=O)NCc2ccncc2)cc1. The predicted molar refractivity (Wildman–Crippen MR) is 143 cm³/mol. The van der Waals surface area contributed by atoms with Crippen LogP contribution >= 0.6 is 11.6 Å². The summed E-state index contributed by atoms with van der Waals surface area (Å²) in [5.74, 6) is -0.456. The Morgan fingerprint density at radius 1 is 0.946 bits per heavy atom. The zero-order valence-corrected chi connectivity index (χ0v) is 22.4. The monoisotopic (exact) mass is 542 g/mol. The molecule has 0 bridgehead atoms. The molecular weight excluding hydrogens is 512 g/mol. The molecule has 3 aromatic rings. The smallest absolute Gasteiger partial charge is 0.242 e. The second kappa shape index (κ2) is 13.3. The summed E-state index contributed by atoms with van der Waals surface area (Å²) in [5, 5.41) is 3.48. The maximum atomic E-state index is 13.3. The molecule has 0 saturated heterocycles. The summed E-state index contributed by atoms with van der Waals surface area (Å²) in [6.45, 7) is 4.30. The van der Waals surface area contributed by atoms with E-state index in [0.717, 1.165) is 16.7 Å². The first-order chi connectivity index (χ1) is 17.7. The van der Waals surface area contributed by atoms with Crippen LogP contribution in [-0.4, -0.2) is 42.7 Å². The number of carbonyl (C=O) groups excluding carboxylic acids is 2. The van der Waals surface area contributed by atoms with Crippen molar-refractivity contribution in [2.45, 2.75) is 50.7 Å². The van der Waals surface area contributed by atoms with Gasteiger partial charge in [-0.3, -0.25) is 14.6 Å². The van der Waals surface area contributed by atoms with Gasteiger partial charge in [0.15, 0.2) is 0 Å². The standard InChI is InChI=1S/C27H31ClN4O4S/c1-3-31-37(35,36)25-11-6-21(7-12-25)8-13-26(33)32(19-23-4-9-24(28)10-5-23)20(2)27(34)30-18-22-14-16-29-17-15-22/h4-7,9-12,14-17,20,31H,3,8,13,18-19H2,1-2H3,(H,30,34). The lowest BCUT2D eigenvalue weighted by Crippen LogP contribution is -2.47. The van der Waals surface area contributed by atoms with Crippen LogP contribution in [0, 0.1) is 0 Å². The van der Waals surface area contributed by atoms with Crippen LogP contribution < -0.4 is 10.0 Å². The maximum absolute atomic E-state index is 13.3. The van der Waals surface area contributed by atoms with E-state index in [1.165, 1.54) is 12.1 Å². The number of rotatable bonds is 12. The van der Waals surface area contributed by atoms with Crippen molar-refractivity contribution >= 4 is 33.4 Å². The van der Waals surface area contributed by atoms with Crippen molar-refractivity contribution in [1.29, 1.82) is 0 Å². The quantitative estimate of drug-likeness (QED) is 0.363. The Morgan fingerprint density at radius 2 is 1.57 bits per heavy atom.